The molecule has 2 rings (SSSR count). The summed E-state index contributed by atoms with van der Waals surface area (Å²) in [6, 6.07) is 2.48. The third-order valence-corrected chi connectivity index (χ3v) is 4.05. The second-order valence-electron chi connectivity index (χ2n) is 5.79. The number of nitrogens with zero attached hydrogens (tertiary/aromatic N) is 2. The van der Waals surface area contributed by atoms with Crippen molar-refractivity contribution >= 4 is 0 Å². The van der Waals surface area contributed by atoms with Gasteiger partial charge in [0.25, 0.3) is 0 Å². The number of hydrogen-bond donors (Lipinski definition) is 1. The molecule has 0 spiro atoms. The first kappa shape index (κ1) is 15.3. The number of hydrogen-bond acceptors (Lipinski definition) is 3. The smallest absolute Gasteiger partial charge is 0.390 e. The van der Waals surface area contributed by atoms with Crippen LogP contribution in [0.1, 0.15) is 31.5 Å². The lowest BCUT2D eigenvalue weighted by Crippen LogP contribution is -2.48. The standard InChI is InChI=1S/C14H19F3N2O/c1-10-8-19(6-5-13(10,2)20)9-11-3-4-12(18-7-11)14(15,16)17/h3-4,7,10,20H,5-6,8-9H2,1-2H3/t10-,13+/m0/s1. The summed E-state index contributed by atoms with van der Waals surface area (Å²) >= 11 is 0. The van der Waals surface area contributed by atoms with Crippen molar-refractivity contribution in [1.82, 2.24) is 9.88 Å². The van der Waals surface area contributed by atoms with Crippen molar-refractivity contribution in [3.05, 3.63) is 29.6 Å². The molecule has 1 saturated heterocycles. The molecule has 0 unspecified atom stereocenters. The van der Waals surface area contributed by atoms with Gasteiger partial charge in [0.05, 0.1) is 5.60 Å². The topological polar surface area (TPSA) is 36.4 Å². The van der Waals surface area contributed by atoms with E-state index >= 15 is 0 Å². The maximum absolute atomic E-state index is 12.4. The summed E-state index contributed by atoms with van der Waals surface area (Å²) in [7, 11) is 0. The second kappa shape index (κ2) is 5.33. The van der Waals surface area contributed by atoms with Crippen LogP contribution in [-0.4, -0.2) is 33.7 Å². The van der Waals surface area contributed by atoms with E-state index in [1.807, 2.05) is 13.8 Å². The summed E-state index contributed by atoms with van der Waals surface area (Å²) < 4.78 is 37.2. The summed E-state index contributed by atoms with van der Waals surface area (Å²) in [5, 5.41) is 10.1. The number of piperidine rings is 1. The first-order chi connectivity index (χ1) is 9.18. The Morgan fingerprint density at radius 2 is 2.15 bits per heavy atom. The Balaban J connectivity index is 1.98. The Bertz CT molecular complexity index is 456. The molecule has 1 aromatic heterocycles. The summed E-state index contributed by atoms with van der Waals surface area (Å²) in [5.74, 6) is 0.138. The molecule has 6 heteroatoms. The summed E-state index contributed by atoms with van der Waals surface area (Å²) in [6.45, 7) is 5.84. The minimum atomic E-state index is -4.39. The lowest BCUT2D eigenvalue weighted by atomic mass is 9.84. The van der Waals surface area contributed by atoms with Crippen LogP contribution in [-0.2, 0) is 12.7 Å². The van der Waals surface area contributed by atoms with Crippen LogP contribution >= 0.6 is 0 Å². The number of halogens is 3. The minimum absolute atomic E-state index is 0.138. The summed E-state index contributed by atoms with van der Waals surface area (Å²) in [6.07, 6.45) is -2.45. The number of rotatable bonds is 2. The van der Waals surface area contributed by atoms with E-state index in [0.717, 1.165) is 24.7 Å². The molecule has 20 heavy (non-hydrogen) atoms. The molecule has 0 amide bonds. The lowest BCUT2D eigenvalue weighted by Gasteiger charge is -2.41. The molecule has 1 aromatic rings. The fourth-order valence-corrected chi connectivity index (χ4v) is 2.39. The van der Waals surface area contributed by atoms with Crippen LogP contribution in [0.2, 0.25) is 0 Å². The van der Waals surface area contributed by atoms with Crippen molar-refractivity contribution in [1.29, 1.82) is 0 Å². The largest absolute Gasteiger partial charge is 0.433 e. The van der Waals surface area contributed by atoms with Gasteiger partial charge >= 0.3 is 6.18 Å². The number of likely N-dealkylation sites (tertiary alicyclic amines) is 1. The zero-order chi connectivity index (χ0) is 15.0. The Hall–Kier alpha value is -1.14. The van der Waals surface area contributed by atoms with Gasteiger partial charge < -0.3 is 5.11 Å². The second-order valence-corrected chi connectivity index (χ2v) is 5.79. The fraction of sp³-hybridized carbons (Fsp3) is 0.643. The molecule has 2 atom stereocenters. The number of alkyl halides is 3. The first-order valence-corrected chi connectivity index (χ1v) is 6.65. The molecule has 3 nitrogen and oxygen atoms in total. The van der Waals surface area contributed by atoms with E-state index in [1.165, 1.54) is 12.3 Å². The Morgan fingerprint density at radius 1 is 1.45 bits per heavy atom. The van der Waals surface area contributed by atoms with Crippen molar-refractivity contribution in [2.45, 2.75) is 38.6 Å². The van der Waals surface area contributed by atoms with Gasteiger partial charge in [-0.15, -0.1) is 0 Å². The maximum atomic E-state index is 12.4. The van der Waals surface area contributed by atoms with Gasteiger partial charge in [0, 0.05) is 25.8 Å². The van der Waals surface area contributed by atoms with Crippen LogP contribution in [0, 0.1) is 5.92 Å². The van der Waals surface area contributed by atoms with Gasteiger partial charge in [-0.2, -0.15) is 13.2 Å². The molecule has 1 aliphatic heterocycles. The van der Waals surface area contributed by atoms with Gasteiger partial charge in [-0.3, -0.25) is 9.88 Å². The van der Waals surface area contributed by atoms with E-state index in [1.54, 1.807) is 0 Å². The van der Waals surface area contributed by atoms with E-state index in [-0.39, 0.29) is 5.92 Å². The van der Waals surface area contributed by atoms with E-state index in [0.29, 0.717) is 13.0 Å². The molecule has 1 N–H and O–H groups in total. The zero-order valence-electron chi connectivity index (χ0n) is 11.6. The predicted octanol–water partition coefficient (Wildman–Crippen LogP) is 2.69. The lowest BCUT2D eigenvalue weighted by molar-refractivity contribution is -0.141. The van der Waals surface area contributed by atoms with Gasteiger partial charge in [-0.05, 0) is 30.9 Å². The van der Waals surface area contributed by atoms with Gasteiger partial charge in [-0.1, -0.05) is 13.0 Å². The van der Waals surface area contributed by atoms with Crippen LogP contribution in [0.5, 0.6) is 0 Å². The van der Waals surface area contributed by atoms with Crippen molar-refractivity contribution in [2.24, 2.45) is 5.92 Å². The van der Waals surface area contributed by atoms with E-state index in [4.69, 9.17) is 0 Å². The van der Waals surface area contributed by atoms with Crippen molar-refractivity contribution in [3.8, 4) is 0 Å². The van der Waals surface area contributed by atoms with Crippen molar-refractivity contribution in [2.75, 3.05) is 13.1 Å². The molecular weight excluding hydrogens is 269 g/mol. The molecule has 0 saturated carbocycles. The third-order valence-electron chi connectivity index (χ3n) is 4.05. The average molecular weight is 288 g/mol. The predicted molar refractivity (Wildman–Crippen MR) is 68.9 cm³/mol. The highest BCUT2D eigenvalue weighted by atomic mass is 19.4. The average Bonchev–Trinajstić information content (AvgIpc) is 2.34. The molecule has 1 aliphatic rings. The monoisotopic (exact) mass is 288 g/mol. The Kier molecular flexibility index (Phi) is 4.07. The Morgan fingerprint density at radius 3 is 2.65 bits per heavy atom. The summed E-state index contributed by atoms with van der Waals surface area (Å²) in [4.78, 5) is 5.59. The molecule has 1 fully saturated rings. The van der Waals surface area contributed by atoms with E-state index < -0.39 is 17.5 Å². The van der Waals surface area contributed by atoms with Gasteiger partial charge in [0.1, 0.15) is 5.69 Å². The SMILES string of the molecule is C[C@H]1CN(Cc2ccc(C(F)(F)F)nc2)CC[C@@]1(C)O. The van der Waals surface area contributed by atoms with Crippen molar-refractivity contribution < 1.29 is 18.3 Å². The quantitative estimate of drug-likeness (QED) is 0.909. The van der Waals surface area contributed by atoms with Gasteiger partial charge in [0.2, 0.25) is 0 Å². The molecule has 0 bridgehead atoms. The number of pyridine rings is 1. The summed E-state index contributed by atoms with van der Waals surface area (Å²) in [5.41, 5.74) is -0.766. The highest BCUT2D eigenvalue weighted by Gasteiger charge is 2.35. The van der Waals surface area contributed by atoms with Crippen LogP contribution in [0.3, 0.4) is 0 Å². The molecule has 0 radical (unpaired) electrons. The molecule has 0 aromatic carbocycles. The number of aliphatic hydroxyl groups is 1. The molecule has 112 valence electrons. The normalized spacial score (nSPS) is 28.6. The van der Waals surface area contributed by atoms with Gasteiger partial charge in [0.15, 0.2) is 0 Å². The number of aromatic nitrogens is 1. The maximum Gasteiger partial charge on any atom is 0.433 e. The zero-order valence-corrected chi connectivity index (χ0v) is 11.6. The van der Waals surface area contributed by atoms with Crippen LogP contribution in [0.4, 0.5) is 13.2 Å². The van der Waals surface area contributed by atoms with E-state index in [9.17, 15) is 18.3 Å². The van der Waals surface area contributed by atoms with Crippen LogP contribution in [0.25, 0.3) is 0 Å². The third kappa shape index (κ3) is 3.49. The molecule has 0 aliphatic carbocycles. The van der Waals surface area contributed by atoms with Crippen LogP contribution < -0.4 is 0 Å². The Labute approximate surface area is 116 Å². The van der Waals surface area contributed by atoms with Gasteiger partial charge in [-0.25, -0.2) is 0 Å². The first-order valence-electron chi connectivity index (χ1n) is 6.65. The van der Waals surface area contributed by atoms with Crippen LogP contribution in [0.15, 0.2) is 18.3 Å². The highest BCUT2D eigenvalue weighted by Crippen LogP contribution is 2.29. The van der Waals surface area contributed by atoms with Crippen molar-refractivity contribution in [3.63, 3.8) is 0 Å². The molecule has 2 heterocycles. The van der Waals surface area contributed by atoms with E-state index in [2.05, 4.69) is 9.88 Å². The fourth-order valence-electron chi connectivity index (χ4n) is 2.39. The minimum Gasteiger partial charge on any atom is -0.390 e. The molecular formula is C14H19F3N2O. The highest BCUT2D eigenvalue weighted by molar-refractivity contribution is 5.16.